The highest BCUT2D eigenvalue weighted by Gasteiger charge is 2.15. The van der Waals surface area contributed by atoms with E-state index in [1.807, 2.05) is 42.5 Å². The Hall–Kier alpha value is -2.12. The molecule has 0 aliphatic heterocycles. The van der Waals surface area contributed by atoms with Crippen molar-refractivity contribution in [3.63, 3.8) is 0 Å². The molecule has 1 unspecified atom stereocenters. The third-order valence-corrected chi connectivity index (χ3v) is 3.53. The fourth-order valence-electron chi connectivity index (χ4n) is 1.94. The van der Waals surface area contributed by atoms with Crippen molar-refractivity contribution in [3.05, 3.63) is 72.8 Å². The van der Waals surface area contributed by atoms with E-state index in [0.717, 1.165) is 10.8 Å². The average Bonchev–Trinajstić information content (AvgIpc) is 2.48. The maximum absolute atomic E-state index is 13.9. The van der Waals surface area contributed by atoms with Crippen LogP contribution in [0.5, 0.6) is 11.5 Å². The van der Waals surface area contributed by atoms with Gasteiger partial charge in [-0.25, -0.2) is 0 Å². The van der Waals surface area contributed by atoms with Crippen LogP contribution >= 0.6 is 8.69 Å². The summed E-state index contributed by atoms with van der Waals surface area (Å²) < 4.78 is 24.4. The third kappa shape index (κ3) is 2.89. The maximum Gasteiger partial charge on any atom is 0.505 e. The first kappa shape index (κ1) is 12.9. The first-order valence-electron chi connectivity index (χ1n) is 6.17. The van der Waals surface area contributed by atoms with Crippen molar-refractivity contribution >= 4 is 19.5 Å². The minimum atomic E-state index is -2.51. The Morgan fingerprint density at radius 2 is 1.40 bits per heavy atom. The van der Waals surface area contributed by atoms with Crippen LogP contribution < -0.4 is 9.05 Å². The van der Waals surface area contributed by atoms with Gasteiger partial charge < -0.3 is 9.05 Å². The zero-order chi connectivity index (χ0) is 13.8. The first-order chi connectivity index (χ1) is 9.83. The van der Waals surface area contributed by atoms with E-state index in [-0.39, 0.29) is 0 Å². The van der Waals surface area contributed by atoms with E-state index in [1.54, 1.807) is 30.3 Å². The Morgan fingerprint density at radius 3 is 2.25 bits per heavy atom. The summed E-state index contributed by atoms with van der Waals surface area (Å²) in [6, 6.07) is 22.0. The van der Waals surface area contributed by atoms with Crippen molar-refractivity contribution in [2.24, 2.45) is 0 Å². The highest BCUT2D eigenvalue weighted by molar-refractivity contribution is 7.42. The quantitative estimate of drug-likeness (QED) is 0.590. The van der Waals surface area contributed by atoms with E-state index < -0.39 is 8.69 Å². The lowest BCUT2D eigenvalue weighted by atomic mass is 10.1. The molecule has 0 N–H and O–H groups in total. The van der Waals surface area contributed by atoms with Crippen LogP contribution in [0.15, 0.2) is 72.8 Å². The molecule has 100 valence electrons. The Labute approximate surface area is 117 Å². The Bertz CT molecular complexity index is 698. The van der Waals surface area contributed by atoms with E-state index >= 15 is 0 Å². The van der Waals surface area contributed by atoms with Gasteiger partial charge in [-0.05, 0) is 23.6 Å². The van der Waals surface area contributed by atoms with Crippen molar-refractivity contribution in [1.29, 1.82) is 0 Å². The molecular formula is C16H12FO2P. The molecule has 3 aromatic rings. The summed E-state index contributed by atoms with van der Waals surface area (Å²) in [5, 5.41) is 1.88. The minimum absolute atomic E-state index is 0.460. The molecule has 0 aliphatic carbocycles. The van der Waals surface area contributed by atoms with Crippen LogP contribution in [0.25, 0.3) is 10.8 Å². The molecule has 2 nitrogen and oxygen atoms in total. The highest BCUT2D eigenvalue weighted by Crippen LogP contribution is 2.43. The monoisotopic (exact) mass is 286 g/mol. The molecule has 1 atom stereocenters. The molecule has 0 heterocycles. The number of halogens is 1. The molecule has 20 heavy (non-hydrogen) atoms. The second-order valence-electron chi connectivity index (χ2n) is 4.19. The van der Waals surface area contributed by atoms with Gasteiger partial charge in [-0.3, -0.25) is 0 Å². The predicted octanol–water partition coefficient (Wildman–Crippen LogP) is 5.49. The smallest absolute Gasteiger partial charge is 0.415 e. The van der Waals surface area contributed by atoms with E-state index in [2.05, 4.69) is 0 Å². The van der Waals surface area contributed by atoms with Crippen LogP contribution in [0.3, 0.4) is 0 Å². The molecule has 0 saturated heterocycles. The molecular weight excluding hydrogens is 274 g/mol. The zero-order valence-electron chi connectivity index (χ0n) is 10.6. The Balaban J connectivity index is 1.79. The Morgan fingerprint density at radius 1 is 0.700 bits per heavy atom. The van der Waals surface area contributed by atoms with Crippen LogP contribution in [0, 0.1) is 0 Å². The number of benzene rings is 3. The lowest BCUT2D eigenvalue weighted by molar-refractivity contribution is 0.442. The van der Waals surface area contributed by atoms with Gasteiger partial charge in [0.25, 0.3) is 0 Å². The lowest BCUT2D eigenvalue weighted by Crippen LogP contribution is -1.91. The van der Waals surface area contributed by atoms with E-state index in [0.29, 0.717) is 11.5 Å². The maximum atomic E-state index is 13.9. The van der Waals surface area contributed by atoms with Crippen LogP contribution in [-0.2, 0) is 0 Å². The van der Waals surface area contributed by atoms with Crippen molar-refractivity contribution in [1.82, 2.24) is 0 Å². The number of fused-ring (bicyclic) bond motifs is 1. The summed E-state index contributed by atoms with van der Waals surface area (Å²) >= 11 is 0. The lowest BCUT2D eigenvalue weighted by Gasteiger charge is -2.12. The molecule has 4 heteroatoms. The van der Waals surface area contributed by atoms with Gasteiger partial charge >= 0.3 is 8.69 Å². The third-order valence-electron chi connectivity index (χ3n) is 2.84. The minimum Gasteiger partial charge on any atom is -0.415 e. The Kier molecular flexibility index (Phi) is 3.80. The van der Waals surface area contributed by atoms with Crippen LogP contribution in [-0.4, -0.2) is 0 Å². The van der Waals surface area contributed by atoms with Gasteiger partial charge in [0.15, 0.2) is 0 Å². The molecule has 3 rings (SSSR count). The summed E-state index contributed by atoms with van der Waals surface area (Å²) in [5.41, 5.74) is 0. The highest BCUT2D eigenvalue weighted by atomic mass is 31.2. The molecule has 0 aromatic heterocycles. The zero-order valence-corrected chi connectivity index (χ0v) is 11.5. The fraction of sp³-hybridized carbons (Fsp3) is 0. The number of para-hydroxylation sites is 1. The average molecular weight is 286 g/mol. The number of hydrogen-bond donors (Lipinski definition) is 0. The SMILES string of the molecule is FP(Oc1ccccc1)Oc1cccc2ccccc12. The first-order valence-corrected chi connectivity index (χ1v) is 7.24. The second-order valence-corrected chi connectivity index (χ2v) is 4.98. The normalized spacial score (nSPS) is 12.1. The van der Waals surface area contributed by atoms with E-state index in [9.17, 15) is 4.20 Å². The summed E-state index contributed by atoms with van der Waals surface area (Å²) in [5.74, 6) is 0.953. The van der Waals surface area contributed by atoms with Crippen molar-refractivity contribution < 1.29 is 13.2 Å². The topological polar surface area (TPSA) is 18.5 Å². The summed E-state index contributed by atoms with van der Waals surface area (Å²) in [7, 11) is -2.51. The van der Waals surface area contributed by atoms with Crippen LogP contribution in [0.2, 0.25) is 0 Å². The molecule has 3 aromatic carbocycles. The van der Waals surface area contributed by atoms with Gasteiger partial charge in [0, 0.05) is 5.39 Å². The van der Waals surface area contributed by atoms with Crippen molar-refractivity contribution in [2.75, 3.05) is 0 Å². The van der Waals surface area contributed by atoms with Gasteiger partial charge in [0.1, 0.15) is 11.5 Å². The van der Waals surface area contributed by atoms with Gasteiger partial charge in [-0.2, -0.15) is 0 Å². The summed E-state index contributed by atoms with van der Waals surface area (Å²) in [6.07, 6.45) is 0. The van der Waals surface area contributed by atoms with Gasteiger partial charge in [0.2, 0.25) is 0 Å². The largest absolute Gasteiger partial charge is 0.505 e. The summed E-state index contributed by atoms with van der Waals surface area (Å²) in [6.45, 7) is 0. The van der Waals surface area contributed by atoms with Crippen LogP contribution in [0.4, 0.5) is 4.20 Å². The number of rotatable bonds is 4. The molecule has 0 saturated carbocycles. The van der Waals surface area contributed by atoms with Gasteiger partial charge in [0.05, 0.1) is 0 Å². The van der Waals surface area contributed by atoms with Crippen molar-refractivity contribution in [2.45, 2.75) is 0 Å². The van der Waals surface area contributed by atoms with Crippen LogP contribution in [0.1, 0.15) is 0 Å². The molecule has 0 fully saturated rings. The second kappa shape index (κ2) is 5.89. The summed E-state index contributed by atoms with van der Waals surface area (Å²) in [4.78, 5) is 0. The number of hydrogen-bond acceptors (Lipinski definition) is 2. The predicted molar refractivity (Wildman–Crippen MR) is 79.7 cm³/mol. The molecule has 0 amide bonds. The van der Waals surface area contributed by atoms with Crippen molar-refractivity contribution in [3.8, 4) is 11.5 Å². The molecule has 0 spiro atoms. The molecule has 0 bridgehead atoms. The fourth-order valence-corrected chi connectivity index (χ4v) is 2.57. The standard InChI is InChI=1S/C16H12FO2P/c17-20(18-14-9-2-1-3-10-14)19-16-12-6-8-13-7-4-5-11-15(13)16/h1-12H. The van der Waals surface area contributed by atoms with E-state index in [1.165, 1.54) is 0 Å². The van der Waals surface area contributed by atoms with E-state index in [4.69, 9.17) is 9.05 Å². The van der Waals surface area contributed by atoms with Gasteiger partial charge in [-0.15, -0.1) is 4.20 Å². The molecule has 0 radical (unpaired) electrons. The molecule has 0 aliphatic rings. The van der Waals surface area contributed by atoms with Gasteiger partial charge in [-0.1, -0.05) is 54.6 Å².